The molecule has 0 radical (unpaired) electrons. The minimum Gasteiger partial charge on any atom is -0.481 e. The van der Waals surface area contributed by atoms with Crippen molar-refractivity contribution in [3.63, 3.8) is 0 Å². The van der Waals surface area contributed by atoms with Crippen LogP contribution in [0.4, 0.5) is 5.69 Å². The van der Waals surface area contributed by atoms with E-state index in [2.05, 4.69) is 15.2 Å². The van der Waals surface area contributed by atoms with E-state index in [0.717, 1.165) is 49.3 Å². The molecule has 4 rings (SSSR count). The second-order valence-corrected chi connectivity index (χ2v) is 7.99. The summed E-state index contributed by atoms with van der Waals surface area (Å²) < 4.78 is 2.17. The summed E-state index contributed by atoms with van der Waals surface area (Å²) in [5.41, 5.74) is 3.32. The largest absolute Gasteiger partial charge is 0.481 e. The fraction of sp³-hybridized carbons (Fsp3) is 0.280. The van der Waals surface area contributed by atoms with Gasteiger partial charge in [-0.25, -0.2) is 4.98 Å². The Morgan fingerprint density at radius 3 is 2.42 bits per heavy atom. The highest BCUT2D eigenvalue weighted by Crippen LogP contribution is 2.27. The van der Waals surface area contributed by atoms with Gasteiger partial charge in [0.25, 0.3) is 11.8 Å². The van der Waals surface area contributed by atoms with E-state index in [1.165, 1.54) is 0 Å². The molecule has 33 heavy (non-hydrogen) atoms. The van der Waals surface area contributed by atoms with Gasteiger partial charge >= 0.3 is 5.97 Å². The molecular formula is C25H26N4O4. The molecule has 0 atom stereocenters. The van der Waals surface area contributed by atoms with Gasteiger partial charge in [-0.15, -0.1) is 0 Å². The number of hydrogen-bond donors (Lipinski definition) is 3. The zero-order valence-electron chi connectivity index (χ0n) is 18.2. The van der Waals surface area contributed by atoms with E-state index in [9.17, 15) is 14.4 Å². The van der Waals surface area contributed by atoms with Gasteiger partial charge in [-0.05, 0) is 43.5 Å². The Balaban J connectivity index is 1.51. The molecule has 1 aliphatic rings. The first-order valence-corrected chi connectivity index (χ1v) is 11.1. The highest BCUT2D eigenvalue weighted by molar-refractivity contribution is 6.04. The van der Waals surface area contributed by atoms with Gasteiger partial charge in [0, 0.05) is 29.9 Å². The van der Waals surface area contributed by atoms with Crippen molar-refractivity contribution >= 4 is 23.5 Å². The predicted octanol–water partition coefficient (Wildman–Crippen LogP) is 3.73. The Hall–Kier alpha value is -3.94. The molecule has 2 amide bonds. The summed E-state index contributed by atoms with van der Waals surface area (Å²) in [7, 11) is 0. The van der Waals surface area contributed by atoms with Gasteiger partial charge < -0.3 is 20.3 Å². The average molecular weight is 447 g/mol. The van der Waals surface area contributed by atoms with Crippen molar-refractivity contribution in [2.75, 3.05) is 11.9 Å². The number of aromatic nitrogens is 2. The van der Waals surface area contributed by atoms with Gasteiger partial charge in [0.05, 0.1) is 12.1 Å². The molecule has 0 unspecified atom stereocenters. The summed E-state index contributed by atoms with van der Waals surface area (Å²) in [6.45, 7) is 0.896. The Kier molecular flexibility index (Phi) is 6.83. The average Bonchev–Trinajstić information content (AvgIpc) is 3.01. The SMILES string of the molecule is O=C(O)CCNC(=O)c1ccc(NC(=O)c2nc(-c3ccccc3)n3c2CCCCC3)cc1. The lowest BCUT2D eigenvalue weighted by Gasteiger charge is -2.09. The number of aliphatic carboxylic acids is 1. The van der Waals surface area contributed by atoms with Gasteiger partial charge in [-0.2, -0.15) is 0 Å². The molecule has 170 valence electrons. The first-order valence-electron chi connectivity index (χ1n) is 11.1. The van der Waals surface area contributed by atoms with Crippen molar-refractivity contribution in [2.24, 2.45) is 0 Å². The summed E-state index contributed by atoms with van der Waals surface area (Å²) in [4.78, 5) is 40.6. The number of nitrogens with one attached hydrogen (secondary N) is 2. The molecule has 3 aromatic rings. The topological polar surface area (TPSA) is 113 Å². The predicted molar refractivity (Wildman–Crippen MR) is 124 cm³/mol. The van der Waals surface area contributed by atoms with Crippen LogP contribution >= 0.6 is 0 Å². The van der Waals surface area contributed by atoms with Gasteiger partial charge in [-0.3, -0.25) is 14.4 Å². The number of fused-ring (bicyclic) bond motifs is 1. The van der Waals surface area contributed by atoms with E-state index in [1.54, 1.807) is 24.3 Å². The number of amides is 2. The number of rotatable bonds is 7. The molecule has 8 nitrogen and oxygen atoms in total. The summed E-state index contributed by atoms with van der Waals surface area (Å²) in [6.07, 6.45) is 3.86. The summed E-state index contributed by atoms with van der Waals surface area (Å²) in [5.74, 6) is -0.797. The van der Waals surface area contributed by atoms with Gasteiger partial charge in [0.15, 0.2) is 0 Å². The van der Waals surface area contributed by atoms with Gasteiger partial charge in [0.1, 0.15) is 11.5 Å². The zero-order valence-corrected chi connectivity index (χ0v) is 18.2. The number of benzene rings is 2. The lowest BCUT2D eigenvalue weighted by atomic mass is 10.1. The minimum absolute atomic E-state index is 0.0574. The van der Waals surface area contributed by atoms with E-state index < -0.39 is 5.97 Å². The normalized spacial score (nSPS) is 13.0. The van der Waals surface area contributed by atoms with Crippen LogP contribution in [-0.2, 0) is 17.8 Å². The monoisotopic (exact) mass is 446 g/mol. The van der Waals surface area contributed by atoms with Crippen LogP contribution in [0.15, 0.2) is 54.6 Å². The molecule has 0 spiro atoms. The van der Waals surface area contributed by atoms with Crippen molar-refractivity contribution in [2.45, 2.75) is 38.6 Å². The number of hydrogen-bond acceptors (Lipinski definition) is 4. The maximum atomic E-state index is 13.1. The standard InChI is InChI=1S/C25H26N4O4/c30-21(31)14-15-26-24(32)18-10-12-19(13-11-18)27-25(33)22-20-9-5-2-6-16-29(20)23(28-22)17-7-3-1-4-8-17/h1,3-4,7-8,10-13H,2,5-6,9,14-16H2,(H,26,32)(H,27,33)(H,30,31). The molecule has 8 heteroatoms. The van der Waals surface area contributed by atoms with Crippen LogP contribution in [0.2, 0.25) is 0 Å². The van der Waals surface area contributed by atoms with Crippen molar-refractivity contribution in [1.29, 1.82) is 0 Å². The molecule has 0 aliphatic carbocycles. The van der Waals surface area contributed by atoms with E-state index >= 15 is 0 Å². The third-order valence-electron chi connectivity index (χ3n) is 5.64. The van der Waals surface area contributed by atoms with Crippen molar-refractivity contribution in [3.8, 4) is 11.4 Å². The smallest absolute Gasteiger partial charge is 0.305 e. The van der Waals surface area contributed by atoms with Crippen molar-refractivity contribution < 1.29 is 19.5 Å². The molecular weight excluding hydrogens is 420 g/mol. The third-order valence-corrected chi connectivity index (χ3v) is 5.64. The van der Waals surface area contributed by atoms with Gasteiger partial charge in [0.2, 0.25) is 0 Å². The number of carboxylic acid groups (broad SMARTS) is 1. The Morgan fingerprint density at radius 1 is 0.939 bits per heavy atom. The number of imidazole rings is 1. The maximum Gasteiger partial charge on any atom is 0.305 e. The molecule has 0 saturated heterocycles. The number of carboxylic acids is 1. The second-order valence-electron chi connectivity index (χ2n) is 7.99. The number of carbonyl (C=O) groups excluding carboxylic acids is 2. The Labute approximate surface area is 191 Å². The van der Waals surface area contributed by atoms with Crippen molar-refractivity contribution in [3.05, 3.63) is 71.5 Å². The maximum absolute atomic E-state index is 13.1. The van der Waals surface area contributed by atoms with Crippen LogP contribution in [0.5, 0.6) is 0 Å². The molecule has 2 aromatic carbocycles. The molecule has 0 bridgehead atoms. The van der Waals surface area contributed by atoms with Crippen LogP contribution in [-0.4, -0.2) is 39.0 Å². The molecule has 2 heterocycles. The summed E-state index contributed by atoms with van der Waals surface area (Å²) in [6, 6.07) is 16.4. The first-order chi connectivity index (χ1) is 16.0. The molecule has 1 aromatic heterocycles. The second kappa shape index (κ2) is 10.1. The fourth-order valence-corrected chi connectivity index (χ4v) is 3.99. The lowest BCUT2D eigenvalue weighted by molar-refractivity contribution is -0.136. The van der Waals surface area contributed by atoms with Crippen LogP contribution in [0, 0.1) is 0 Å². The van der Waals surface area contributed by atoms with Crippen LogP contribution in [0.1, 0.15) is 52.2 Å². The molecule has 3 N–H and O–H groups in total. The quantitative estimate of drug-likeness (QED) is 0.512. The molecule has 1 aliphatic heterocycles. The lowest BCUT2D eigenvalue weighted by Crippen LogP contribution is -2.26. The highest BCUT2D eigenvalue weighted by atomic mass is 16.4. The van der Waals surface area contributed by atoms with Crippen molar-refractivity contribution in [1.82, 2.24) is 14.9 Å². The molecule has 0 fully saturated rings. The van der Waals surface area contributed by atoms with E-state index in [1.807, 2.05) is 30.3 Å². The third kappa shape index (κ3) is 5.28. The highest BCUT2D eigenvalue weighted by Gasteiger charge is 2.24. The van der Waals surface area contributed by atoms with Crippen LogP contribution in [0.3, 0.4) is 0 Å². The zero-order chi connectivity index (χ0) is 23.2. The summed E-state index contributed by atoms with van der Waals surface area (Å²) in [5, 5.41) is 14.1. The van der Waals surface area contributed by atoms with Crippen LogP contribution < -0.4 is 10.6 Å². The Bertz CT molecular complexity index is 1150. The molecule has 0 saturated carbocycles. The number of anilines is 1. The number of carbonyl (C=O) groups is 3. The fourth-order valence-electron chi connectivity index (χ4n) is 3.99. The first kappa shape index (κ1) is 22.3. The van der Waals surface area contributed by atoms with Gasteiger partial charge in [-0.1, -0.05) is 36.8 Å². The van der Waals surface area contributed by atoms with E-state index in [-0.39, 0.29) is 24.8 Å². The van der Waals surface area contributed by atoms with E-state index in [0.29, 0.717) is 16.9 Å². The van der Waals surface area contributed by atoms with Crippen LogP contribution in [0.25, 0.3) is 11.4 Å². The minimum atomic E-state index is -0.971. The Morgan fingerprint density at radius 2 is 1.70 bits per heavy atom. The summed E-state index contributed by atoms with van der Waals surface area (Å²) >= 11 is 0. The van der Waals surface area contributed by atoms with E-state index in [4.69, 9.17) is 10.1 Å². The number of nitrogens with zero attached hydrogens (tertiary/aromatic N) is 2.